The second-order valence-corrected chi connectivity index (χ2v) is 9.74. The number of rotatable bonds is 24. The first-order valence-electron chi connectivity index (χ1n) is 13.9. The van der Waals surface area contributed by atoms with Gasteiger partial charge in [0.1, 0.15) is 18.8 Å². The van der Waals surface area contributed by atoms with Crippen LogP contribution in [0.1, 0.15) is 110 Å². The lowest BCUT2D eigenvalue weighted by Gasteiger charge is -2.21. The van der Waals surface area contributed by atoms with Gasteiger partial charge in [0.2, 0.25) is 0 Å². The SMILES string of the molecule is CCCCCCCCCCCCCCCCCCOc1cc(N(CC(=O)O)CC(=O)O)cc([N+](=O)[O-])c1. The minimum atomic E-state index is -1.23. The summed E-state index contributed by atoms with van der Waals surface area (Å²) in [4.78, 5) is 34.0. The van der Waals surface area contributed by atoms with Crippen molar-refractivity contribution in [2.24, 2.45) is 0 Å². The van der Waals surface area contributed by atoms with Gasteiger partial charge in [-0.15, -0.1) is 0 Å². The van der Waals surface area contributed by atoms with Gasteiger partial charge >= 0.3 is 11.9 Å². The summed E-state index contributed by atoms with van der Waals surface area (Å²) in [5.41, 5.74) is -0.152. The number of hydrogen-bond donors (Lipinski definition) is 2. The van der Waals surface area contributed by atoms with Crippen molar-refractivity contribution < 1.29 is 29.5 Å². The summed E-state index contributed by atoms with van der Waals surface area (Å²) >= 11 is 0. The molecule has 0 aliphatic heterocycles. The van der Waals surface area contributed by atoms with Crippen LogP contribution in [0.15, 0.2) is 18.2 Å². The predicted molar refractivity (Wildman–Crippen MR) is 146 cm³/mol. The molecule has 1 rings (SSSR count). The van der Waals surface area contributed by atoms with E-state index in [1.807, 2.05) is 0 Å². The summed E-state index contributed by atoms with van der Waals surface area (Å²) in [6.07, 6.45) is 20.3. The maximum absolute atomic E-state index is 11.3. The van der Waals surface area contributed by atoms with E-state index in [1.165, 1.54) is 95.6 Å². The number of benzene rings is 1. The molecule has 0 aliphatic carbocycles. The third-order valence-electron chi connectivity index (χ3n) is 6.37. The van der Waals surface area contributed by atoms with E-state index in [0.717, 1.165) is 30.2 Å². The summed E-state index contributed by atoms with van der Waals surface area (Å²) in [7, 11) is 0. The molecular weight excluding hydrogens is 476 g/mol. The highest BCUT2D eigenvalue weighted by Crippen LogP contribution is 2.29. The molecule has 2 N–H and O–H groups in total. The van der Waals surface area contributed by atoms with Crippen molar-refractivity contribution in [2.45, 2.75) is 110 Å². The van der Waals surface area contributed by atoms with Crippen LogP contribution in [0.2, 0.25) is 0 Å². The number of unbranched alkanes of at least 4 members (excludes halogenated alkanes) is 15. The number of aliphatic carboxylic acids is 2. The smallest absolute Gasteiger partial charge is 0.323 e. The molecule has 0 bridgehead atoms. The molecule has 0 heterocycles. The number of hydrogen-bond acceptors (Lipinski definition) is 6. The molecule has 0 amide bonds. The first-order chi connectivity index (χ1) is 17.8. The number of ether oxygens (including phenoxy) is 1. The van der Waals surface area contributed by atoms with Crippen LogP contribution < -0.4 is 9.64 Å². The van der Waals surface area contributed by atoms with Crippen LogP contribution in [0, 0.1) is 10.1 Å². The summed E-state index contributed by atoms with van der Waals surface area (Å²) in [6, 6.07) is 3.88. The van der Waals surface area contributed by atoms with E-state index in [1.54, 1.807) is 0 Å². The van der Waals surface area contributed by atoms with Crippen molar-refractivity contribution in [1.82, 2.24) is 0 Å². The fourth-order valence-corrected chi connectivity index (χ4v) is 4.34. The minimum absolute atomic E-state index is 0.126. The molecule has 0 unspecified atom stereocenters. The zero-order valence-electron chi connectivity index (χ0n) is 22.5. The highest BCUT2D eigenvalue weighted by atomic mass is 16.6. The Bertz CT molecular complexity index is 785. The van der Waals surface area contributed by atoms with Crippen LogP contribution in [0.3, 0.4) is 0 Å². The Morgan fingerprint density at radius 2 is 1.19 bits per heavy atom. The second-order valence-electron chi connectivity index (χ2n) is 9.74. The monoisotopic (exact) mass is 522 g/mol. The molecule has 9 nitrogen and oxygen atoms in total. The third-order valence-corrected chi connectivity index (χ3v) is 6.37. The molecule has 0 saturated heterocycles. The van der Waals surface area contributed by atoms with E-state index in [2.05, 4.69) is 6.92 Å². The van der Waals surface area contributed by atoms with Crippen molar-refractivity contribution in [3.8, 4) is 5.75 Å². The van der Waals surface area contributed by atoms with E-state index in [9.17, 15) is 19.7 Å². The van der Waals surface area contributed by atoms with Crippen molar-refractivity contribution in [1.29, 1.82) is 0 Å². The number of carboxylic acids is 2. The fraction of sp³-hybridized carbons (Fsp3) is 0.714. The summed E-state index contributed by atoms with van der Waals surface area (Å²) in [5.74, 6) is -2.24. The topological polar surface area (TPSA) is 130 Å². The van der Waals surface area contributed by atoms with Crippen LogP contribution in [0.5, 0.6) is 5.75 Å². The molecule has 0 aromatic heterocycles. The zero-order valence-corrected chi connectivity index (χ0v) is 22.5. The van der Waals surface area contributed by atoms with Gasteiger partial charge in [-0.3, -0.25) is 19.7 Å². The molecule has 0 spiro atoms. The largest absolute Gasteiger partial charge is 0.493 e. The third kappa shape index (κ3) is 16.5. The maximum Gasteiger partial charge on any atom is 0.323 e. The highest BCUT2D eigenvalue weighted by molar-refractivity contribution is 5.80. The Morgan fingerprint density at radius 3 is 1.59 bits per heavy atom. The van der Waals surface area contributed by atoms with Crippen molar-refractivity contribution in [3.05, 3.63) is 28.3 Å². The molecule has 1 aromatic rings. The molecule has 210 valence electrons. The van der Waals surface area contributed by atoms with Gasteiger partial charge in [-0.05, 0) is 6.42 Å². The van der Waals surface area contributed by atoms with Gasteiger partial charge in [0.25, 0.3) is 5.69 Å². The maximum atomic E-state index is 11.3. The molecule has 0 atom stereocenters. The van der Waals surface area contributed by atoms with Gasteiger partial charge in [-0.1, -0.05) is 103 Å². The fourth-order valence-electron chi connectivity index (χ4n) is 4.34. The van der Waals surface area contributed by atoms with Crippen molar-refractivity contribution in [3.63, 3.8) is 0 Å². The molecule has 0 radical (unpaired) electrons. The van der Waals surface area contributed by atoms with Crippen molar-refractivity contribution in [2.75, 3.05) is 24.6 Å². The Kier molecular flexibility index (Phi) is 17.6. The molecular formula is C28H46N2O7. The molecule has 1 aromatic carbocycles. The van der Waals surface area contributed by atoms with Crippen LogP contribution in [0.4, 0.5) is 11.4 Å². The number of nitro benzene ring substituents is 1. The van der Waals surface area contributed by atoms with Crippen molar-refractivity contribution >= 4 is 23.3 Å². The number of anilines is 1. The summed E-state index contributed by atoms with van der Waals surface area (Å²) in [5, 5.41) is 29.4. The Morgan fingerprint density at radius 1 is 0.757 bits per heavy atom. The van der Waals surface area contributed by atoms with Gasteiger partial charge in [0.05, 0.1) is 17.6 Å². The normalized spacial score (nSPS) is 10.8. The van der Waals surface area contributed by atoms with E-state index >= 15 is 0 Å². The number of non-ortho nitro benzene ring substituents is 1. The Hall–Kier alpha value is -2.84. The lowest BCUT2D eigenvalue weighted by atomic mass is 10.0. The highest BCUT2D eigenvalue weighted by Gasteiger charge is 2.19. The summed E-state index contributed by atoms with van der Waals surface area (Å²) < 4.78 is 5.69. The lowest BCUT2D eigenvalue weighted by molar-refractivity contribution is -0.384. The number of nitrogens with zero attached hydrogens (tertiary/aromatic N) is 2. The number of nitro groups is 1. The molecule has 9 heteroatoms. The Balaban J connectivity index is 2.24. The number of carboxylic acid groups (broad SMARTS) is 2. The average molecular weight is 523 g/mol. The second kappa shape index (κ2) is 20.2. The van der Waals surface area contributed by atoms with Gasteiger partial charge < -0.3 is 19.8 Å². The number of carbonyl (C=O) groups is 2. The minimum Gasteiger partial charge on any atom is -0.493 e. The van der Waals surface area contributed by atoms with E-state index in [-0.39, 0.29) is 17.1 Å². The van der Waals surface area contributed by atoms with Gasteiger partial charge in [-0.2, -0.15) is 0 Å². The van der Waals surface area contributed by atoms with E-state index in [4.69, 9.17) is 14.9 Å². The lowest BCUT2D eigenvalue weighted by Crippen LogP contribution is -2.34. The molecule has 0 aliphatic rings. The summed E-state index contributed by atoms with van der Waals surface area (Å²) in [6.45, 7) is 1.46. The van der Waals surface area contributed by atoms with E-state index in [0.29, 0.717) is 6.61 Å². The van der Waals surface area contributed by atoms with Crippen LogP contribution in [-0.4, -0.2) is 46.8 Å². The van der Waals surface area contributed by atoms with E-state index < -0.39 is 30.0 Å². The van der Waals surface area contributed by atoms with Crippen LogP contribution >= 0.6 is 0 Å². The first kappa shape index (κ1) is 32.2. The van der Waals surface area contributed by atoms with Gasteiger partial charge in [0.15, 0.2) is 0 Å². The quantitative estimate of drug-likeness (QED) is 0.0827. The molecule has 37 heavy (non-hydrogen) atoms. The Labute approximate surface area is 221 Å². The predicted octanol–water partition coefficient (Wildman–Crippen LogP) is 7.21. The standard InChI is InChI=1S/C28H46N2O7/c1-2-3-4-5-6-7-8-9-10-11-12-13-14-15-16-17-18-37-26-20-24(19-25(21-26)30(35)36)29(22-27(31)32)23-28(33)34/h19-21H,2-18,22-23H2,1H3,(H,31,32)(H,33,34). The van der Waals surface area contributed by atoms with Gasteiger partial charge in [-0.25, -0.2) is 0 Å². The molecule has 0 saturated carbocycles. The average Bonchev–Trinajstić information content (AvgIpc) is 2.84. The van der Waals surface area contributed by atoms with Gasteiger partial charge in [0, 0.05) is 17.8 Å². The molecule has 0 fully saturated rings. The van der Waals surface area contributed by atoms with Crippen LogP contribution in [-0.2, 0) is 9.59 Å². The zero-order chi connectivity index (χ0) is 27.3. The van der Waals surface area contributed by atoms with Crippen LogP contribution in [0.25, 0.3) is 0 Å². The first-order valence-corrected chi connectivity index (χ1v) is 13.9.